The molecular weight excluding hydrogens is 901 g/mol. The molecule has 6 nitrogen and oxygen atoms in total. The first-order chi connectivity index (χ1) is 36.0. The minimum absolute atomic E-state index is 0.0746. The normalized spacial score (nSPS) is 12.3. The lowest BCUT2D eigenvalue weighted by Crippen LogP contribution is -2.30. The summed E-state index contributed by atoms with van der Waals surface area (Å²) in [4.78, 5) is 38.2. The quantitative estimate of drug-likeness (QED) is 0.0261. The van der Waals surface area contributed by atoms with Gasteiger partial charge in [-0.05, 0) is 77.0 Å². The van der Waals surface area contributed by atoms with E-state index >= 15 is 0 Å². The molecule has 0 N–H and O–H groups in total. The molecule has 0 saturated carbocycles. The van der Waals surface area contributed by atoms with Crippen LogP contribution in [-0.2, 0) is 28.6 Å². The molecule has 0 aliphatic rings. The first-order valence-corrected chi connectivity index (χ1v) is 32.1. The average molecular weight is 1020 g/mol. The maximum atomic E-state index is 12.9. The third-order valence-electron chi connectivity index (χ3n) is 14.3. The number of rotatable bonds is 59. The molecule has 0 aromatic rings. The predicted molar refractivity (Wildman–Crippen MR) is 316 cm³/mol. The molecular formula is C67H122O6. The molecule has 426 valence electrons. The molecule has 0 aliphatic carbocycles. The van der Waals surface area contributed by atoms with Crippen LogP contribution in [0, 0.1) is 0 Å². The van der Waals surface area contributed by atoms with E-state index in [0.29, 0.717) is 19.3 Å². The molecule has 0 aromatic heterocycles. The van der Waals surface area contributed by atoms with Crippen molar-refractivity contribution in [3.05, 3.63) is 48.6 Å². The third-order valence-corrected chi connectivity index (χ3v) is 14.3. The van der Waals surface area contributed by atoms with Crippen LogP contribution in [0.4, 0.5) is 0 Å². The fourth-order valence-corrected chi connectivity index (χ4v) is 9.43. The van der Waals surface area contributed by atoms with Crippen molar-refractivity contribution in [2.24, 2.45) is 0 Å². The molecule has 0 aliphatic heterocycles. The van der Waals surface area contributed by atoms with Crippen molar-refractivity contribution < 1.29 is 28.6 Å². The zero-order chi connectivity index (χ0) is 52.9. The Balaban J connectivity index is 4.21. The van der Waals surface area contributed by atoms with E-state index < -0.39 is 6.10 Å². The van der Waals surface area contributed by atoms with E-state index in [1.807, 2.05) is 0 Å². The second kappa shape index (κ2) is 61.9. The Bertz CT molecular complexity index is 1270. The molecule has 0 radical (unpaired) electrons. The van der Waals surface area contributed by atoms with Gasteiger partial charge in [-0.2, -0.15) is 0 Å². The van der Waals surface area contributed by atoms with Gasteiger partial charge >= 0.3 is 17.9 Å². The lowest BCUT2D eigenvalue weighted by atomic mass is 10.0. The molecule has 0 heterocycles. The van der Waals surface area contributed by atoms with Crippen LogP contribution in [0.5, 0.6) is 0 Å². The first-order valence-electron chi connectivity index (χ1n) is 32.1. The van der Waals surface area contributed by atoms with E-state index in [9.17, 15) is 14.4 Å². The third kappa shape index (κ3) is 60.1. The summed E-state index contributed by atoms with van der Waals surface area (Å²) in [6, 6.07) is 0. The fourth-order valence-electron chi connectivity index (χ4n) is 9.43. The number of hydrogen-bond donors (Lipinski definition) is 0. The van der Waals surface area contributed by atoms with Crippen LogP contribution in [0.2, 0.25) is 0 Å². The van der Waals surface area contributed by atoms with Crippen molar-refractivity contribution in [3.8, 4) is 0 Å². The minimum atomic E-state index is -0.778. The van der Waals surface area contributed by atoms with Gasteiger partial charge in [-0.3, -0.25) is 14.4 Å². The fraction of sp³-hybridized carbons (Fsp3) is 0.836. The summed E-state index contributed by atoms with van der Waals surface area (Å²) < 4.78 is 16.9. The highest BCUT2D eigenvalue weighted by Gasteiger charge is 2.19. The van der Waals surface area contributed by atoms with Crippen LogP contribution in [0.3, 0.4) is 0 Å². The van der Waals surface area contributed by atoms with Crippen molar-refractivity contribution in [1.82, 2.24) is 0 Å². The van der Waals surface area contributed by atoms with Crippen LogP contribution < -0.4 is 0 Å². The summed E-state index contributed by atoms with van der Waals surface area (Å²) in [6.07, 6.45) is 76.9. The molecule has 0 saturated heterocycles. The van der Waals surface area contributed by atoms with Gasteiger partial charge in [0.2, 0.25) is 0 Å². The van der Waals surface area contributed by atoms with Gasteiger partial charge in [0.05, 0.1) is 0 Å². The Morgan fingerprint density at radius 1 is 0.274 bits per heavy atom. The SMILES string of the molecule is CCCC/C=C\C/C=C\CCCCCCCC(=O)OC(COC(=O)CCCCCCCCCCCCCCCC)COC(=O)CCCCCCCCCCCCCCCCC/C=C\C/C=C\CCCCCCC. The molecule has 73 heavy (non-hydrogen) atoms. The highest BCUT2D eigenvalue weighted by atomic mass is 16.6. The highest BCUT2D eigenvalue weighted by Crippen LogP contribution is 2.17. The van der Waals surface area contributed by atoms with Crippen molar-refractivity contribution in [1.29, 1.82) is 0 Å². The van der Waals surface area contributed by atoms with Gasteiger partial charge in [-0.15, -0.1) is 0 Å². The molecule has 1 unspecified atom stereocenters. The van der Waals surface area contributed by atoms with Gasteiger partial charge in [-0.1, -0.05) is 294 Å². The largest absolute Gasteiger partial charge is 0.462 e. The van der Waals surface area contributed by atoms with E-state index in [-0.39, 0.29) is 31.1 Å². The minimum Gasteiger partial charge on any atom is -0.462 e. The number of carbonyl (C=O) groups is 3. The van der Waals surface area contributed by atoms with Gasteiger partial charge in [0.1, 0.15) is 13.2 Å². The van der Waals surface area contributed by atoms with Crippen LogP contribution >= 0.6 is 0 Å². The van der Waals surface area contributed by atoms with E-state index in [4.69, 9.17) is 14.2 Å². The lowest BCUT2D eigenvalue weighted by Gasteiger charge is -2.18. The van der Waals surface area contributed by atoms with Crippen molar-refractivity contribution in [2.45, 2.75) is 348 Å². The molecule has 0 bridgehead atoms. The Hall–Kier alpha value is -2.63. The molecule has 0 fully saturated rings. The Kier molecular flexibility index (Phi) is 59.7. The lowest BCUT2D eigenvalue weighted by molar-refractivity contribution is -0.167. The summed E-state index contributed by atoms with van der Waals surface area (Å²) in [5, 5.41) is 0. The Labute approximate surface area is 454 Å². The van der Waals surface area contributed by atoms with Gasteiger partial charge in [0.25, 0.3) is 0 Å². The summed E-state index contributed by atoms with van der Waals surface area (Å²) in [5.41, 5.74) is 0. The van der Waals surface area contributed by atoms with Gasteiger partial charge in [0.15, 0.2) is 6.10 Å². The second-order valence-electron chi connectivity index (χ2n) is 21.7. The first kappa shape index (κ1) is 70.4. The van der Waals surface area contributed by atoms with Gasteiger partial charge in [-0.25, -0.2) is 0 Å². The molecule has 6 heteroatoms. The molecule has 0 amide bonds. The zero-order valence-electron chi connectivity index (χ0n) is 48.9. The van der Waals surface area contributed by atoms with E-state index in [1.165, 1.54) is 212 Å². The number of ether oxygens (including phenoxy) is 3. The van der Waals surface area contributed by atoms with Crippen molar-refractivity contribution in [3.63, 3.8) is 0 Å². The maximum Gasteiger partial charge on any atom is 0.306 e. The molecule has 0 rings (SSSR count). The number of esters is 3. The monoisotopic (exact) mass is 1020 g/mol. The zero-order valence-corrected chi connectivity index (χ0v) is 48.9. The maximum absolute atomic E-state index is 12.9. The van der Waals surface area contributed by atoms with E-state index in [2.05, 4.69) is 69.4 Å². The predicted octanol–water partition coefficient (Wildman–Crippen LogP) is 21.8. The van der Waals surface area contributed by atoms with Crippen LogP contribution in [0.25, 0.3) is 0 Å². The summed E-state index contributed by atoms with van der Waals surface area (Å²) >= 11 is 0. The van der Waals surface area contributed by atoms with Crippen LogP contribution in [0.15, 0.2) is 48.6 Å². The van der Waals surface area contributed by atoms with Crippen molar-refractivity contribution >= 4 is 17.9 Å². The molecule has 1 atom stereocenters. The second-order valence-corrected chi connectivity index (χ2v) is 21.7. The highest BCUT2D eigenvalue weighted by molar-refractivity contribution is 5.71. The summed E-state index contributed by atoms with van der Waals surface area (Å²) in [7, 11) is 0. The summed E-state index contributed by atoms with van der Waals surface area (Å²) in [6.45, 7) is 6.62. The van der Waals surface area contributed by atoms with E-state index in [1.54, 1.807) is 0 Å². The number of allylic oxidation sites excluding steroid dienone is 8. The van der Waals surface area contributed by atoms with Gasteiger partial charge in [0, 0.05) is 19.3 Å². The topological polar surface area (TPSA) is 78.9 Å². The standard InChI is InChI=1S/C67H122O6/c1-4-7-10-13-16-19-22-25-28-29-30-31-32-33-34-35-36-37-38-39-40-43-45-48-51-54-57-60-66(69)72-63-64(73-67(70)61-58-55-52-49-46-42-27-24-21-18-15-12-9-6-3)62-71-65(68)59-56-53-50-47-44-41-26-23-20-17-14-11-8-5-2/h15,18,22,24-25,27,29-30,64H,4-14,16-17,19-21,23,26,28,31-63H2,1-3H3/b18-15-,25-22-,27-24-,30-29-. The van der Waals surface area contributed by atoms with Gasteiger partial charge < -0.3 is 14.2 Å². The number of unbranched alkanes of at least 4 members (excludes halogenated alkanes) is 40. The number of carbonyl (C=O) groups excluding carboxylic acids is 3. The summed E-state index contributed by atoms with van der Waals surface area (Å²) in [5.74, 6) is -0.869. The average Bonchev–Trinajstić information content (AvgIpc) is 3.39. The van der Waals surface area contributed by atoms with Crippen LogP contribution in [-0.4, -0.2) is 37.2 Å². The van der Waals surface area contributed by atoms with Crippen molar-refractivity contribution in [2.75, 3.05) is 13.2 Å². The van der Waals surface area contributed by atoms with E-state index in [0.717, 1.165) is 89.9 Å². The number of hydrogen-bond acceptors (Lipinski definition) is 6. The Morgan fingerprint density at radius 2 is 0.507 bits per heavy atom. The smallest absolute Gasteiger partial charge is 0.306 e. The molecule has 0 spiro atoms. The molecule has 0 aromatic carbocycles. The Morgan fingerprint density at radius 3 is 0.795 bits per heavy atom. The van der Waals surface area contributed by atoms with Crippen LogP contribution in [0.1, 0.15) is 342 Å².